The normalized spacial score (nSPS) is 8.93. The molecule has 0 N–H and O–H groups in total. The first-order chi connectivity index (χ1) is 7.22. The number of ether oxygens (including phenoxy) is 1. The fraction of sp³-hybridized carbons (Fsp3) is 0.182. The van der Waals surface area contributed by atoms with Crippen LogP contribution >= 0.6 is 0 Å². The average Bonchev–Trinajstić information content (AvgIpc) is 2.18. The number of alkyl halides is 2. The van der Waals surface area contributed by atoms with Crippen LogP contribution in [0.5, 0.6) is 5.75 Å². The van der Waals surface area contributed by atoms with E-state index < -0.39 is 6.61 Å². The van der Waals surface area contributed by atoms with Crippen LogP contribution in [0.25, 0.3) is 0 Å². The van der Waals surface area contributed by atoms with Crippen molar-refractivity contribution in [1.29, 1.82) is 5.26 Å². The smallest absolute Gasteiger partial charge is 0.387 e. The molecule has 15 heavy (non-hydrogen) atoms. The Kier molecular flexibility index (Phi) is 4.12. The quantitative estimate of drug-likeness (QED) is 0.698. The highest BCUT2D eigenvalue weighted by Gasteiger charge is 2.03. The second-order valence-electron chi connectivity index (χ2n) is 2.54. The average molecular weight is 207 g/mol. The van der Waals surface area contributed by atoms with E-state index >= 15 is 0 Å². The number of nitriles is 1. The molecule has 0 fully saturated rings. The van der Waals surface area contributed by atoms with Gasteiger partial charge in [0.2, 0.25) is 0 Å². The topological polar surface area (TPSA) is 33.0 Å². The van der Waals surface area contributed by atoms with Crippen LogP contribution in [0.15, 0.2) is 24.3 Å². The largest absolute Gasteiger partial charge is 0.435 e. The van der Waals surface area contributed by atoms with Crippen LogP contribution in [0.2, 0.25) is 0 Å². The Labute approximate surface area is 86.1 Å². The van der Waals surface area contributed by atoms with Crippen molar-refractivity contribution in [2.75, 3.05) is 0 Å². The molecule has 0 amide bonds. The molecule has 0 unspecified atom stereocenters. The first-order valence-electron chi connectivity index (χ1n) is 4.13. The first kappa shape index (κ1) is 11.0. The predicted molar refractivity (Wildman–Crippen MR) is 50.2 cm³/mol. The van der Waals surface area contributed by atoms with Crippen LogP contribution in [-0.4, -0.2) is 6.61 Å². The van der Waals surface area contributed by atoms with E-state index in [1.807, 2.05) is 6.07 Å². The maximum absolute atomic E-state index is 11.9. The summed E-state index contributed by atoms with van der Waals surface area (Å²) in [5.74, 6) is 5.30. The minimum Gasteiger partial charge on any atom is -0.435 e. The van der Waals surface area contributed by atoms with Crippen molar-refractivity contribution in [3.05, 3.63) is 29.8 Å². The molecule has 2 nitrogen and oxygen atoms in total. The molecule has 0 bridgehead atoms. The zero-order chi connectivity index (χ0) is 11.1. The number of hydrogen-bond acceptors (Lipinski definition) is 2. The molecule has 0 aliphatic heterocycles. The van der Waals surface area contributed by atoms with Crippen molar-refractivity contribution in [2.24, 2.45) is 0 Å². The van der Waals surface area contributed by atoms with E-state index in [1.54, 1.807) is 12.1 Å². The Morgan fingerprint density at radius 1 is 1.40 bits per heavy atom. The van der Waals surface area contributed by atoms with Crippen LogP contribution in [0.4, 0.5) is 8.78 Å². The van der Waals surface area contributed by atoms with Gasteiger partial charge in [-0.25, -0.2) is 0 Å². The fourth-order valence-electron chi connectivity index (χ4n) is 0.936. The number of benzene rings is 1. The van der Waals surface area contributed by atoms with Crippen molar-refractivity contribution in [1.82, 2.24) is 0 Å². The molecule has 76 valence electrons. The van der Waals surface area contributed by atoms with Gasteiger partial charge in [-0.2, -0.15) is 14.0 Å². The lowest BCUT2D eigenvalue weighted by Gasteiger charge is -2.03. The van der Waals surface area contributed by atoms with Gasteiger partial charge in [0.1, 0.15) is 5.75 Å². The second-order valence-corrected chi connectivity index (χ2v) is 2.54. The number of nitrogens with zero attached hydrogens (tertiary/aromatic N) is 1. The predicted octanol–water partition coefficient (Wildman–Crippen LogP) is 2.55. The van der Waals surface area contributed by atoms with E-state index in [-0.39, 0.29) is 12.2 Å². The lowest BCUT2D eigenvalue weighted by Crippen LogP contribution is -2.01. The van der Waals surface area contributed by atoms with Crippen molar-refractivity contribution in [3.63, 3.8) is 0 Å². The van der Waals surface area contributed by atoms with Crippen molar-refractivity contribution >= 4 is 0 Å². The van der Waals surface area contributed by atoms with Gasteiger partial charge in [-0.3, -0.25) is 0 Å². The van der Waals surface area contributed by atoms with Gasteiger partial charge in [-0.1, -0.05) is 17.9 Å². The molecule has 0 saturated heterocycles. The van der Waals surface area contributed by atoms with E-state index in [4.69, 9.17) is 5.26 Å². The van der Waals surface area contributed by atoms with E-state index in [9.17, 15) is 8.78 Å². The van der Waals surface area contributed by atoms with Gasteiger partial charge >= 0.3 is 6.61 Å². The van der Waals surface area contributed by atoms with Gasteiger partial charge in [-0.05, 0) is 18.2 Å². The minimum absolute atomic E-state index is 0.0637. The molecule has 0 spiro atoms. The van der Waals surface area contributed by atoms with Gasteiger partial charge in [0, 0.05) is 5.56 Å². The van der Waals surface area contributed by atoms with Crippen molar-refractivity contribution < 1.29 is 13.5 Å². The Hall–Kier alpha value is -2.07. The standard InChI is InChI=1S/C11H7F2NO/c12-11(13)15-10-6-3-5-9(8-10)4-1-2-7-14/h3,5-6,8,11H,2H2. The Bertz CT molecular complexity index is 426. The van der Waals surface area contributed by atoms with Gasteiger partial charge in [0.25, 0.3) is 0 Å². The van der Waals surface area contributed by atoms with Crippen molar-refractivity contribution in [3.8, 4) is 23.7 Å². The van der Waals surface area contributed by atoms with E-state index in [1.165, 1.54) is 12.1 Å². The third kappa shape index (κ3) is 4.10. The molecule has 0 aromatic heterocycles. The molecular formula is C11H7F2NO. The number of halogens is 2. The third-order valence-electron chi connectivity index (χ3n) is 1.46. The minimum atomic E-state index is -2.84. The van der Waals surface area contributed by atoms with E-state index in [0.29, 0.717) is 5.56 Å². The monoisotopic (exact) mass is 207 g/mol. The van der Waals surface area contributed by atoms with Crippen LogP contribution in [0.3, 0.4) is 0 Å². The molecule has 0 aliphatic rings. The van der Waals surface area contributed by atoms with Gasteiger partial charge in [-0.15, -0.1) is 0 Å². The SMILES string of the molecule is N#CCC#Cc1cccc(OC(F)F)c1. The molecular weight excluding hydrogens is 200 g/mol. The highest BCUT2D eigenvalue weighted by atomic mass is 19.3. The summed E-state index contributed by atoms with van der Waals surface area (Å²) in [6, 6.07) is 7.90. The summed E-state index contributed by atoms with van der Waals surface area (Å²) in [6.07, 6.45) is 0.111. The highest BCUT2D eigenvalue weighted by Crippen LogP contribution is 2.15. The summed E-state index contributed by atoms with van der Waals surface area (Å²) in [7, 11) is 0. The Morgan fingerprint density at radius 3 is 2.87 bits per heavy atom. The third-order valence-corrected chi connectivity index (χ3v) is 1.46. The van der Waals surface area contributed by atoms with Gasteiger partial charge in [0.15, 0.2) is 0 Å². The van der Waals surface area contributed by atoms with Gasteiger partial charge in [0.05, 0.1) is 12.5 Å². The Balaban J connectivity index is 2.76. The maximum atomic E-state index is 11.9. The number of hydrogen-bond donors (Lipinski definition) is 0. The van der Waals surface area contributed by atoms with Gasteiger partial charge < -0.3 is 4.74 Å². The van der Waals surface area contributed by atoms with Crippen LogP contribution in [0, 0.1) is 23.2 Å². The lowest BCUT2D eigenvalue weighted by molar-refractivity contribution is -0.0498. The zero-order valence-corrected chi connectivity index (χ0v) is 7.71. The van der Waals surface area contributed by atoms with Crippen LogP contribution in [0.1, 0.15) is 12.0 Å². The second kappa shape index (κ2) is 5.62. The van der Waals surface area contributed by atoms with E-state index in [2.05, 4.69) is 16.6 Å². The number of rotatable bonds is 2. The lowest BCUT2D eigenvalue weighted by atomic mass is 10.2. The molecule has 0 radical (unpaired) electrons. The molecule has 1 rings (SSSR count). The summed E-state index contributed by atoms with van der Waals surface area (Å²) in [6.45, 7) is -2.84. The zero-order valence-electron chi connectivity index (χ0n) is 7.71. The van der Waals surface area contributed by atoms with E-state index in [0.717, 1.165) is 0 Å². The molecule has 0 aliphatic carbocycles. The molecule has 0 heterocycles. The van der Waals surface area contributed by atoms with Crippen LogP contribution in [-0.2, 0) is 0 Å². The summed E-state index contributed by atoms with van der Waals surface area (Å²) < 4.78 is 27.9. The molecule has 4 heteroatoms. The summed E-state index contributed by atoms with van der Waals surface area (Å²) in [5.41, 5.74) is 0.545. The molecule has 0 atom stereocenters. The first-order valence-corrected chi connectivity index (χ1v) is 4.13. The fourth-order valence-corrected chi connectivity index (χ4v) is 0.936. The molecule has 1 aromatic carbocycles. The summed E-state index contributed by atoms with van der Waals surface area (Å²) in [4.78, 5) is 0. The summed E-state index contributed by atoms with van der Waals surface area (Å²) in [5, 5.41) is 8.24. The van der Waals surface area contributed by atoms with Crippen LogP contribution < -0.4 is 4.74 Å². The van der Waals surface area contributed by atoms with Crippen molar-refractivity contribution in [2.45, 2.75) is 13.0 Å². The summed E-state index contributed by atoms with van der Waals surface area (Å²) >= 11 is 0. The highest BCUT2D eigenvalue weighted by molar-refractivity contribution is 5.40. The maximum Gasteiger partial charge on any atom is 0.387 e. The molecule has 0 saturated carbocycles. The Morgan fingerprint density at radius 2 is 2.20 bits per heavy atom. The molecule has 1 aromatic rings.